The number of para-hydroxylation sites is 1. The van der Waals surface area contributed by atoms with Crippen LogP contribution in [-0.2, 0) is 11.3 Å². The lowest BCUT2D eigenvalue weighted by molar-refractivity contribution is 0.0368. The number of thioether (sulfide) groups is 1. The van der Waals surface area contributed by atoms with Gasteiger partial charge in [0.25, 0.3) is 5.56 Å². The average Bonchev–Trinajstić information content (AvgIpc) is 2.86. The zero-order valence-corrected chi connectivity index (χ0v) is 19.8. The Hall–Kier alpha value is -2.68. The van der Waals surface area contributed by atoms with Gasteiger partial charge in [-0.2, -0.15) is 0 Å². The molecule has 0 radical (unpaired) electrons. The molecule has 7 nitrogen and oxygen atoms in total. The summed E-state index contributed by atoms with van der Waals surface area (Å²) in [6.45, 7) is 6.65. The predicted molar refractivity (Wildman–Crippen MR) is 131 cm³/mol. The van der Waals surface area contributed by atoms with Gasteiger partial charge in [-0.25, -0.2) is 4.98 Å². The van der Waals surface area contributed by atoms with E-state index >= 15 is 0 Å². The number of rotatable bonds is 9. The molecule has 1 fully saturated rings. The van der Waals surface area contributed by atoms with Crippen molar-refractivity contribution in [2.75, 3.05) is 40.0 Å². The van der Waals surface area contributed by atoms with Crippen LogP contribution in [0.5, 0.6) is 5.75 Å². The van der Waals surface area contributed by atoms with Gasteiger partial charge < -0.3 is 9.47 Å². The highest BCUT2D eigenvalue weighted by atomic mass is 32.2. The first-order valence-electron chi connectivity index (χ1n) is 11.2. The molecule has 1 saturated heterocycles. The third kappa shape index (κ3) is 5.63. The maximum Gasteiger partial charge on any atom is 0.262 e. The number of fused-ring (bicyclic) bond motifs is 1. The molecule has 1 aliphatic rings. The van der Waals surface area contributed by atoms with E-state index in [2.05, 4.69) is 4.90 Å². The average molecular weight is 468 g/mol. The molecule has 0 spiro atoms. The Labute approximate surface area is 197 Å². The molecule has 0 bridgehead atoms. The topological polar surface area (TPSA) is 73.7 Å². The first-order valence-corrected chi connectivity index (χ1v) is 12.1. The normalized spacial score (nSPS) is 15.5. The summed E-state index contributed by atoms with van der Waals surface area (Å²) in [5, 5.41) is 0.786. The van der Waals surface area contributed by atoms with Gasteiger partial charge in [0.1, 0.15) is 5.75 Å². The highest BCUT2D eigenvalue weighted by Gasteiger charge is 2.21. The van der Waals surface area contributed by atoms with Crippen LogP contribution < -0.4 is 10.3 Å². The fourth-order valence-corrected chi connectivity index (χ4v) is 4.93. The summed E-state index contributed by atoms with van der Waals surface area (Å²) < 4.78 is 12.3. The summed E-state index contributed by atoms with van der Waals surface area (Å²) in [6, 6.07) is 14.5. The van der Waals surface area contributed by atoms with Crippen molar-refractivity contribution in [1.82, 2.24) is 14.5 Å². The lowest BCUT2D eigenvalue weighted by atomic mass is 10.1. The first kappa shape index (κ1) is 23.5. The molecule has 2 aromatic carbocycles. The standard InChI is InChI=1S/C25H29N3O4S/c1-18(23(29)19-8-10-20(31-2)11-9-19)33-25-26-22-7-4-3-6-21(22)24(30)28(25)13-5-12-27-14-16-32-17-15-27/h3-4,6-11,18H,5,12-17H2,1-2H3. The number of nitrogens with zero attached hydrogens (tertiary/aromatic N) is 3. The molecule has 1 aromatic heterocycles. The van der Waals surface area contributed by atoms with E-state index in [0.29, 0.717) is 33.9 Å². The number of ketones is 1. The monoisotopic (exact) mass is 467 g/mol. The molecule has 0 aliphatic carbocycles. The largest absolute Gasteiger partial charge is 0.497 e. The van der Waals surface area contributed by atoms with Gasteiger partial charge in [0.15, 0.2) is 10.9 Å². The van der Waals surface area contributed by atoms with Crippen molar-refractivity contribution in [1.29, 1.82) is 0 Å². The zero-order valence-electron chi connectivity index (χ0n) is 19.0. The fourth-order valence-electron chi connectivity index (χ4n) is 3.91. The molecule has 3 aromatic rings. The molecule has 1 unspecified atom stereocenters. The smallest absolute Gasteiger partial charge is 0.262 e. The van der Waals surface area contributed by atoms with E-state index < -0.39 is 5.25 Å². The molecule has 8 heteroatoms. The highest BCUT2D eigenvalue weighted by molar-refractivity contribution is 8.00. The van der Waals surface area contributed by atoms with Crippen molar-refractivity contribution in [2.24, 2.45) is 0 Å². The van der Waals surface area contributed by atoms with E-state index in [1.54, 1.807) is 35.9 Å². The van der Waals surface area contributed by atoms with Crippen LogP contribution in [0.25, 0.3) is 10.9 Å². The van der Waals surface area contributed by atoms with Gasteiger partial charge >= 0.3 is 0 Å². The van der Waals surface area contributed by atoms with Crippen molar-refractivity contribution < 1.29 is 14.3 Å². The summed E-state index contributed by atoms with van der Waals surface area (Å²) in [5.41, 5.74) is 1.20. The lowest BCUT2D eigenvalue weighted by Gasteiger charge is -2.26. The second-order valence-electron chi connectivity index (χ2n) is 8.03. The predicted octanol–water partition coefficient (Wildman–Crippen LogP) is 3.49. The second-order valence-corrected chi connectivity index (χ2v) is 9.34. The fraction of sp³-hybridized carbons (Fsp3) is 0.400. The van der Waals surface area contributed by atoms with Crippen molar-refractivity contribution in [3.63, 3.8) is 0 Å². The molecule has 33 heavy (non-hydrogen) atoms. The van der Waals surface area contributed by atoms with Gasteiger partial charge in [-0.05, 0) is 49.7 Å². The minimum Gasteiger partial charge on any atom is -0.497 e. The zero-order chi connectivity index (χ0) is 23.2. The van der Waals surface area contributed by atoms with Crippen LogP contribution in [0, 0.1) is 0 Å². The molecule has 0 N–H and O–H groups in total. The van der Waals surface area contributed by atoms with Gasteiger partial charge in [-0.15, -0.1) is 0 Å². The number of carbonyl (C=O) groups excluding carboxylic acids is 1. The number of ether oxygens (including phenoxy) is 2. The van der Waals surface area contributed by atoms with E-state index in [9.17, 15) is 9.59 Å². The van der Waals surface area contributed by atoms with E-state index in [1.165, 1.54) is 11.8 Å². The van der Waals surface area contributed by atoms with Gasteiger partial charge in [0, 0.05) is 31.7 Å². The van der Waals surface area contributed by atoms with Crippen molar-refractivity contribution in [2.45, 2.75) is 30.3 Å². The third-order valence-corrected chi connectivity index (χ3v) is 6.90. The van der Waals surface area contributed by atoms with E-state index in [4.69, 9.17) is 14.5 Å². The quantitative estimate of drug-likeness (QED) is 0.271. The summed E-state index contributed by atoms with van der Waals surface area (Å²) in [7, 11) is 1.60. The van der Waals surface area contributed by atoms with Gasteiger partial charge in [0.05, 0.1) is 36.5 Å². The minimum atomic E-state index is -0.392. The maximum atomic E-state index is 13.3. The number of morpholine rings is 1. The molecule has 4 rings (SSSR count). The van der Waals surface area contributed by atoms with Crippen LogP contribution in [-0.4, -0.2) is 65.4 Å². The Morgan fingerprint density at radius 2 is 1.85 bits per heavy atom. The Kier molecular flexibility index (Phi) is 7.80. The Morgan fingerprint density at radius 3 is 2.58 bits per heavy atom. The van der Waals surface area contributed by atoms with Crippen molar-refractivity contribution >= 4 is 28.4 Å². The Morgan fingerprint density at radius 1 is 1.12 bits per heavy atom. The SMILES string of the molecule is COc1ccc(C(=O)C(C)Sc2nc3ccccc3c(=O)n2CCCN2CCOCC2)cc1. The summed E-state index contributed by atoms with van der Waals surface area (Å²) in [4.78, 5) is 33.5. The maximum absolute atomic E-state index is 13.3. The number of Topliss-reactive ketones (excluding diaryl/α,β-unsaturated/α-hetero) is 1. The van der Waals surface area contributed by atoms with Crippen LogP contribution >= 0.6 is 11.8 Å². The van der Waals surface area contributed by atoms with Crippen LogP contribution in [0.4, 0.5) is 0 Å². The lowest BCUT2D eigenvalue weighted by Crippen LogP contribution is -2.37. The van der Waals surface area contributed by atoms with Crippen LogP contribution in [0.1, 0.15) is 23.7 Å². The molecule has 2 heterocycles. The van der Waals surface area contributed by atoms with Crippen LogP contribution in [0.3, 0.4) is 0 Å². The summed E-state index contributed by atoms with van der Waals surface area (Å²) in [6.07, 6.45) is 0.828. The van der Waals surface area contributed by atoms with Gasteiger partial charge in [-0.3, -0.25) is 19.1 Å². The molecular formula is C25H29N3O4S. The van der Waals surface area contributed by atoms with Gasteiger partial charge in [-0.1, -0.05) is 23.9 Å². The number of hydrogen-bond acceptors (Lipinski definition) is 7. The van der Waals surface area contributed by atoms with Crippen LogP contribution in [0.2, 0.25) is 0 Å². The number of methoxy groups -OCH3 is 1. The van der Waals surface area contributed by atoms with E-state index in [1.807, 2.05) is 31.2 Å². The minimum absolute atomic E-state index is 0.00933. The number of aromatic nitrogens is 2. The van der Waals surface area contributed by atoms with E-state index in [0.717, 1.165) is 39.3 Å². The van der Waals surface area contributed by atoms with Crippen LogP contribution in [0.15, 0.2) is 58.5 Å². The molecular weight excluding hydrogens is 438 g/mol. The molecule has 174 valence electrons. The first-order chi connectivity index (χ1) is 16.1. The van der Waals surface area contributed by atoms with E-state index in [-0.39, 0.29) is 11.3 Å². The van der Waals surface area contributed by atoms with Crippen molar-refractivity contribution in [3.8, 4) is 5.75 Å². The highest BCUT2D eigenvalue weighted by Crippen LogP contribution is 2.26. The number of carbonyl (C=O) groups is 1. The third-order valence-electron chi connectivity index (χ3n) is 5.81. The molecule has 1 aliphatic heterocycles. The Balaban J connectivity index is 1.55. The Bertz CT molecular complexity index is 1160. The summed E-state index contributed by atoms with van der Waals surface area (Å²) >= 11 is 1.34. The number of hydrogen-bond donors (Lipinski definition) is 0. The summed E-state index contributed by atoms with van der Waals surface area (Å²) in [5.74, 6) is 0.696. The number of benzene rings is 2. The molecule has 1 atom stereocenters. The molecule has 0 amide bonds. The van der Waals surface area contributed by atoms with Gasteiger partial charge in [0.2, 0.25) is 0 Å². The second kappa shape index (κ2) is 11.0. The molecule has 0 saturated carbocycles. The van der Waals surface area contributed by atoms with Crippen molar-refractivity contribution in [3.05, 3.63) is 64.4 Å².